The van der Waals surface area contributed by atoms with Crippen LogP contribution in [0, 0.1) is 17.5 Å². The molecule has 17 heavy (non-hydrogen) atoms. The summed E-state index contributed by atoms with van der Waals surface area (Å²) in [5.74, 6) is -2.63. The molecular formula is C13H9F3O. The predicted octanol–water partition coefficient (Wildman–Crippen LogP) is 3.26. The van der Waals surface area contributed by atoms with Gasteiger partial charge in [-0.05, 0) is 17.7 Å². The van der Waals surface area contributed by atoms with Gasteiger partial charge in [-0.15, -0.1) is 0 Å². The third-order valence-corrected chi connectivity index (χ3v) is 2.49. The second kappa shape index (κ2) is 4.59. The summed E-state index contributed by atoms with van der Waals surface area (Å²) in [6, 6.07) is 7.57. The average Bonchev–Trinajstić information content (AvgIpc) is 2.32. The monoisotopic (exact) mass is 238 g/mol. The fourth-order valence-electron chi connectivity index (χ4n) is 1.57. The summed E-state index contributed by atoms with van der Waals surface area (Å²) in [5, 5.41) is 8.80. The molecule has 88 valence electrons. The highest BCUT2D eigenvalue weighted by atomic mass is 19.2. The van der Waals surface area contributed by atoms with Crippen LogP contribution >= 0.6 is 0 Å². The van der Waals surface area contributed by atoms with Crippen molar-refractivity contribution in [3.8, 4) is 11.1 Å². The molecule has 1 nitrogen and oxygen atoms in total. The number of benzene rings is 2. The van der Waals surface area contributed by atoms with E-state index in [2.05, 4.69) is 0 Å². The van der Waals surface area contributed by atoms with E-state index in [0.717, 1.165) is 12.1 Å². The van der Waals surface area contributed by atoms with Gasteiger partial charge in [0, 0.05) is 11.1 Å². The number of hydrogen-bond donors (Lipinski definition) is 1. The molecule has 0 aromatic heterocycles. The molecule has 0 radical (unpaired) electrons. The third kappa shape index (κ3) is 2.17. The van der Waals surface area contributed by atoms with Crippen LogP contribution in [0.2, 0.25) is 0 Å². The van der Waals surface area contributed by atoms with Crippen molar-refractivity contribution in [2.24, 2.45) is 0 Å². The van der Waals surface area contributed by atoms with E-state index >= 15 is 0 Å². The van der Waals surface area contributed by atoms with Gasteiger partial charge in [-0.3, -0.25) is 0 Å². The molecule has 1 N–H and O–H groups in total. The molecule has 0 bridgehead atoms. The standard InChI is InChI=1S/C13H9F3O/c14-11-3-1-2-10(13(11)16)8-4-5-9(7-17)12(15)6-8/h1-6,17H,7H2. The van der Waals surface area contributed by atoms with Gasteiger partial charge < -0.3 is 5.11 Å². The topological polar surface area (TPSA) is 20.2 Å². The molecule has 0 aliphatic heterocycles. The van der Waals surface area contributed by atoms with Crippen LogP contribution in [0.4, 0.5) is 13.2 Å². The Bertz CT molecular complexity index is 552. The lowest BCUT2D eigenvalue weighted by Crippen LogP contribution is -1.93. The lowest BCUT2D eigenvalue weighted by molar-refractivity contribution is 0.276. The third-order valence-electron chi connectivity index (χ3n) is 2.49. The summed E-state index contributed by atoms with van der Waals surface area (Å²) in [7, 11) is 0. The van der Waals surface area contributed by atoms with Gasteiger partial charge in [0.05, 0.1) is 6.61 Å². The van der Waals surface area contributed by atoms with Crippen molar-refractivity contribution in [2.75, 3.05) is 0 Å². The minimum Gasteiger partial charge on any atom is -0.392 e. The zero-order chi connectivity index (χ0) is 12.4. The van der Waals surface area contributed by atoms with Gasteiger partial charge in [0.15, 0.2) is 11.6 Å². The van der Waals surface area contributed by atoms with Crippen molar-refractivity contribution in [1.82, 2.24) is 0 Å². The molecule has 2 aromatic carbocycles. The van der Waals surface area contributed by atoms with Crippen LogP contribution in [-0.2, 0) is 6.61 Å². The van der Waals surface area contributed by atoms with Gasteiger partial charge in [-0.2, -0.15) is 0 Å². The Kier molecular flexibility index (Phi) is 3.15. The molecular weight excluding hydrogens is 229 g/mol. The maximum atomic E-state index is 13.5. The Morgan fingerprint density at radius 3 is 2.35 bits per heavy atom. The smallest absolute Gasteiger partial charge is 0.166 e. The van der Waals surface area contributed by atoms with Crippen LogP contribution < -0.4 is 0 Å². The highest BCUT2D eigenvalue weighted by Gasteiger charge is 2.11. The second-order valence-corrected chi connectivity index (χ2v) is 3.57. The van der Waals surface area contributed by atoms with Gasteiger partial charge in [0.1, 0.15) is 5.82 Å². The van der Waals surface area contributed by atoms with E-state index in [-0.39, 0.29) is 16.7 Å². The Balaban J connectivity index is 2.54. The van der Waals surface area contributed by atoms with Crippen LogP contribution in [0.25, 0.3) is 11.1 Å². The molecule has 0 aliphatic carbocycles. The predicted molar refractivity (Wildman–Crippen MR) is 57.7 cm³/mol. The minimum absolute atomic E-state index is 0.00612. The molecule has 0 spiro atoms. The van der Waals surface area contributed by atoms with Gasteiger partial charge in [0.25, 0.3) is 0 Å². The summed E-state index contributed by atoms with van der Waals surface area (Å²) >= 11 is 0. The molecule has 0 saturated heterocycles. The van der Waals surface area contributed by atoms with Crippen molar-refractivity contribution < 1.29 is 18.3 Å². The highest BCUT2D eigenvalue weighted by Crippen LogP contribution is 2.26. The quantitative estimate of drug-likeness (QED) is 0.851. The number of halogens is 3. The van der Waals surface area contributed by atoms with Crippen molar-refractivity contribution >= 4 is 0 Å². The highest BCUT2D eigenvalue weighted by molar-refractivity contribution is 5.64. The normalized spacial score (nSPS) is 10.6. The molecule has 0 amide bonds. The number of rotatable bonds is 2. The van der Waals surface area contributed by atoms with Crippen LogP contribution in [0.1, 0.15) is 5.56 Å². The van der Waals surface area contributed by atoms with Crippen LogP contribution in [0.5, 0.6) is 0 Å². The van der Waals surface area contributed by atoms with E-state index < -0.39 is 24.1 Å². The number of aliphatic hydroxyl groups is 1. The van der Waals surface area contributed by atoms with Gasteiger partial charge in [-0.1, -0.05) is 24.3 Å². The largest absolute Gasteiger partial charge is 0.392 e. The zero-order valence-electron chi connectivity index (χ0n) is 8.75. The summed E-state index contributed by atoms with van der Waals surface area (Å²) in [5.41, 5.74) is 0.343. The summed E-state index contributed by atoms with van der Waals surface area (Å²) < 4.78 is 39.8. The van der Waals surface area contributed by atoms with E-state index in [1.807, 2.05) is 0 Å². The van der Waals surface area contributed by atoms with Crippen LogP contribution in [-0.4, -0.2) is 5.11 Å². The fourth-order valence-corrected chi connectivity index (χ4v) is 1.57. The molecule has 2 rings (SSSR count). The Morgan fingerprint density at radius 1 is 0.941 bits per heavy atom. The molecule has 0 atom stereocenters. The number of hydrogen-bond acceptors (Lipinski definition) is 1. The average molecular weight is 238 g/mol. The van der Waals surface area contributed by atoms with Crippen molar-refractivity contribution in [3.63, 3.8) is 0 Å². The minimum atomic E-state index is -1.01. The molecule has 0 unspecified atom stereocenters. The van der Waals surface area contributed by atoms with Crippen LogP contribution in [0.15, 0.2) is 36.4 Å². The van der Waals surface area contributed by atoms with E-state index in [1.165, 1.54) is 24.3 Å². The molecule has 0 saturated carbocycles. The van der Waals surface area contributed by atoms with Gasteiger partial charge in [0.2, 0.25) is 0 Å². The van der Waals surface area contributed by atoms with Crippen molar-refractivity contribution in [2.45, 2.75) is 6.61 Å². The van der Waals surface area contributed by atoms with E-state index in [9.17, 15) is 13.2 Å². The molecule has 0 aliphatic rings. The van der Waals surface area contributed by atoms with E-state index in [4.69, 9.17) is 5.11 Å². The van der Waals surface area contributed by atoms with Crippen molar-refractivity contribution in [1.29, 1.82) is 0 Å². The fraction of sp³-hybridized carbons (Fsp3) is 0.0769. The Hall–Kier alpha value is -1.81. The number of aliphatic hydroxyl groups excluding tert-OH is 1. The first-order valence-electron chi connectivity index (χ1n) is 4.97. The molecule has 0 fully saturated rings. The first-order valence-corrected chi connectivity index (χ1v) is 4.97. The van der Waals surface area contributed by atoms with Gasteiger partial charge in [-0.25, -0.2) is 13.2 Å². The van der Waals surface area contributed by atoms with E-state index in [1.54, 1.807) is 0 Å². The van der Waals surface area contributed by atoms with Gasteiger partial charge >= 0.3 is 0 Å². The Morgan fingerprint density at radius 2 is 1.71 bits per heavy atom. The summed E-state index contributed by atoms with van der Waals surface area (Å²) in [4.78, 5) is 0. The zero-order valence-corrected chi connectivity index (χ0v) is 8.75. The Labute approximate surface area is 96.1 Å². The second-order valence-electron chi connectivity index (χ2n) is 3.57. The SMILES string of the molecule is OCc1ccc(-c2cccc(F)c2F)cc1F. The maximum Gasteiger partial charge on any atom is 0.166 e. The lowest BCUT2D eigenvalue weighted by Gasteiger charge is -2.06. The van der Waals surface area contributed by atoms with E-state index in [0.29, 0.717) is 0 Å². The summed E-state index contributed by atoms with van der Waals surface area (Å²) in [6.45, 7) is -0.433. The lowest BCUT2D eigenvalue weighted by atomic mass is 10.0. The molecule has 2 aromatic rings. The maximum absolute atomic E-state index is 13.5. The molecule has 4 heteroatoms. The first-order chi connectivity index (χ1) is 8.13. The summed E-state index contributed by atoms with van der Waals surface area (Å²) in [6.07, 6.45) is 0. The first kappa shape index (κ1) is 11.7. The van der Waals surface area contributed by atoms with Crippen molar-refractivity contribution in [3.05, 3.63) is 59.4 Å². The molecule has 0 heterocycles. The van der Waals surface area contributed by atoms with Crippen LogP contribution in [0.3, 0.4) is 0 Å².